The van der Waals surface area contributed by atoms with E-state index < -0.39 is 0 Å². The molecular weight excluding hydrogens is 312 g/mol. The van der Waals surface area contributed by atoms with E-state index in [4.69, 9.17) is 16.3 Å². The van der Waals surface area contributed by atoms with E-state index in [9.17, 15) is 4.79 Å². The summed E-state index contributed by atoms with van der Waals surface area (Å²) in [7, 11) is 0. The smallest absolute Gasteiger partial charge is 0.253 e. The first-order chi connectivity index (χ1) is 11.0. The topological polar surface area (TPSA) is 41.6 Å². The lowest BCUT2D eigenvalue weighted by Crippen LogP contribution is -2.48. The van der Waals surface area contributed by atoms with E-state index in [1.165, 1.54) is 0 Å². The first-order valence-corrected chi connectivity index (χ1v) is 8.82. The number of rotatable bonds is 3. The van der Waals surface area contributed by atoms with Crippen LogP contribution < -0.4 is 5.32 Å². The molecule has 0 radical (unpaired) electrons. The van der Waals surface area contributed by atoms with E-state index in [0.717, 1.165) is 56.7 Å². The highest BCUT2D eigenvalue weighted by atomic mass is 35.5. The molecule has 1 amide bonds. The molecule has 0 aliphatic carbocycles. The van der Waals surface area contributed by atoms with Crippen LogP contribution in [0, 0.1) is 13.8 Å². The van der Waals surface area contributed by atoms with Crippen molar-refractivity contribution in [3.63, 3.8) is 0 Å². The van der Waals surface area contributed by atoms with Crippen LogP contribution >= 0.6 is 11.6 Å². The number of aryl methyl sites for hydroxylation is 2. The van der Waals surface area contributed by atoms with Crippen molar-refractivity contribution in [2.45, 2.75) is 45.2 Å². The zero-order valence-corrected chi connectivity index (χ0v) is 14.7. The average Bonchev–Trinajstić information content (AvgIpc) is 3.06. The third kappa shape index (κ3) is 3.87. The summed E-state index contributed by atoms with van der Waals surface area (Å²) < 4.78 is 5.47. The van der Waals surface area contributed by atoms with Crippen molar-refractivity contribution in [2.24, 2.45) is 0 Å². The zero-order valence-electron chi connectivity index (χ0n) is 13.9. The van der Waals surface area contributed by atoms with Crippen LogP contribution in [0.5, 0.6) is 0 Å². The molecule has 2 saturated heterocycles. The third-order valence-electron chi connectivity index (χ3n) is 5.11. The van der Waals surface area contributed by atoms with Gasteiger partial charge < -0.3 is 10.1 Å². The van der Waals surface area contributed by atoms with E-state index >= 15 is 0 Å². The fourth-order valence-electron chi connectivity index (χ4n) is 3.44. The van der Waals surface area contributed by atoms with Gasteiger partial charge in [-0.1, -0.05) is 11.6 Å². The standard InChI is InChI=1S/C18H25ClN2O2/c1-12-9-16(17(19)10-13(12)2)18(22)20-14-3-6-21(7-4-14)15-5-8-23-11-15/h9-10,14-15H,3-8,11H2,1-2H3,(H,20,22). The molecule has 2 fully saturated rings. The SMILES string of the molecule is Cc1cc(Cl)c(C(=O)NC2CCN(C3CCOC3)CC2)cc1C. The highest BCUT2D eigenvalue weighted by molar-refractivity contribution is 6.34. The molecule has 1 N–H and O–H groups in total. The number of benzene rings is 1. The third-order valence-corrected chi connectivity index (χ3v) is 5.43. The number of ether oxygens (including phenoxy) is 1. The average molecular weight is 337 g/mol. The molecule has 1 aromatic carbocycles. The molecular formula is C18H25ClN2O2. The second-order valence-electron chi connectivity index (χ2n) is 6.72. The van der Waals surface area contributed by atoms with E-state index in [1.807, 2.05) is 26.0 Å². The van der Waals surface area contributed by atoms with Crippen LogP contribution in [0.25, 0.3) is 0 Å². The number of likely N-dealkylation sites (tertiary alicyclic amines) is 1. The largest absolute Gasteiger partial charge is 0.380 e. The van der Waals surface area contributed by atoms with Crippen LogP contribution in [0.4, 0.5) is 0 Å². The van der Waals surface area contributed by atoms with Gasteiger partial charge in [-0.3, -0.25) is 9.69 Å². The fourth-order valence-corrected chi connectivity index (χ4v) is 3.74. The number of carbonyl (C=O) groups excluding carboxylic acids is 1. The first kappa shape index (κ1) is 16.7. The lowest BCUT2D eigenvalue weighted by Gasteiger charge is -2.35. The van der Waals surface area contributed by atoms with Gasteiger partial charge in [0, 0.05) is 31.8 Å². The molecule has 2 aliphatic heterocycles. The van der Waals surface area contributed by atoms with Gasteiger partial charge in [0.15, 0.2) is 0 Å². The predicted molar refractivity (Wildman–Crippen MR) is 92.2 cm³/mol. The molecule has 5 heteroatoms. The van der Waals surface area contributed by atoms with Crippen molar-refractivity contribution in [2.75, 3.05) is 26.3 Å². The molecule has 1 atom stereocenters. The van der Waals surface area contributed by atoms with E-state index in [1.54, 1.807) is 0 Å². The van der Waals surface area contributed by atoms with Crippen molar-refractivity contribution < 1.29 is 9.53 Å². The molecule has 2 aliphatic rings. The highest BCUT2D eigenvalue weighted by Gasteiger charge is 2.28. The van der Waals surface area contributed by atoms with Gasteiger partial charge in [0.25, 0.3) is 5.91 Å². The second-order valence-corrected chi connectivity index (χ2v) is 7.12. The Kier molecular flexibility index (Phi) is 5.24. The molecule has 1 unspecified atom stereocenters. The number of halogens is 1. The van der Waals surface area contributed by atoms with Crippen molar-refractivity contribution in [1.29, 1.82) is 0 Å². The van der Waals surface area contributed by atoms with Crippen LogP contribution in [0.2, 0.25) is 5.02 Å². The van der Waals surface area contributed by atoms with Crippen molar-refractivity contribution in [3.8, 4) is 0 Å². The molecule has 23 heavy (non-hydrogen) atoms. The van der Waals surface area contributed by atoms with Gasteiger partial charge in [-0.15, -0.1) is 0 Å². The van der Waals surface area contributed by atoms with Gasteiger partial charge >= 0.3 is 0 Å². The Morgan fingerprint density at radius 1 is 1.22 bits per heavy atom. The van der Waals surface area contributed by atoms with Crippen molar-refractivity contribution >= 4 is 17.5 Å². The van der Waals surface area contributed by atoms with Gasteiger partial charge in [0.1, 0.15) is 0 Å². The van der Waals surface area contributed by atoms with E-state index in [-0.39, 0.29) is 11.9 Å². The minimum atomic E-state index is -0.0549. The number of nitrogens with one attached hydrogen (secondary N) is 1. The molecule has 126 valence electrons. The Labute approximate surface area is 143 Å². The van der Waals surface area contributed by atoms with E-state index in [0.29, 0.717) is 16.6 Å². The maximum absolute atomic E-state index is 12.5. The number of carbonyl (C=O) groups is 1. The summed E-state index contributed by atoms with van der Waals surface area (Å²) in [6, 6.07) is 4.56. The van der Waals surface area contributed by atoms with Crippen molar-refractivity contribution in [3.05, 3.63) is 33.8 Å². The number of hydrogen-bond donors (Lipinski definition) is 1. The summed E-state index contributed by atoms with van der Waals surface area (Å²) in [6.45, 7) is 7.80. The fraction of sp³-hybridized carbons (Fsp3) is 0.611. The van der Waals surface area contributed by atoms with Crippen LogP contribution in [0.3, 0.4) is 0 Å². The van der Waals surface area contributed by atoms with Gasteiger partial charge in [0.05, 0.1) is 17.2 Å². The minimum absolute atomic E-state index is 0.0549. The van der Waals surface area contributed by atoms with Crippen LogP contribution in [-0.4, -0.2) is 49.2 Å². The number of piperidine rings is 1. The molecule has 0 spiro atoms. The predicted octanol–water partition coefficient (Wildman–Crippen LogP) is 2.94. The van der Waals surface area contributed by atoms with Gasteiger partial charge in [0.2, 0.25) is 0 Å². The minimum Gasteiger partial charge on any atom is -0.380 e. The summed E-state index contributed by atoms with van der Waals surface area (Å²) >= 11 is 6.24. The maximum Gasteiger partial charge on any atom is 0.253 e. The number of nitrogens with zero attached hydrogens (tertiary/aromatic N) is 1. The zero-order chi connectivity index (χ0) is 16.4. The lowest BCUT2D eigenvalue weighted by atomic mass is 10.0. The van der Waals surface area contributed by atoms with Crippen LogP contribution in [0.15, 0.2) is 12.1 Å². The number of amides is 1. The summed E-state index contributed by atoms with van der Waals surface area (Å²) in [5.41, 5.74) is 2.79. The first-order valence-electron chi connectivity index (χ1n) is 8.44. The molecule has 2 heterocycles. The Bertz CT molecular complexity index is 577. The maximum atomic E-state index is 12.5. The highest BCUT2D eigenvalue weighted by Crippen LogP contribution is 2.22. The summed E-state index contributed by atoms with van der Waals surface area (Å²) in [6.07, 6.45) is 3.12. The molecule has 4 nitrogen and oxygen atoms in total. The summed E-state index contributed by atoms with van der Waals surface area (Å²) in [4.78, 5) is 15.0. The van der Waals surface area contributed by atoms with Crippen LogP contribution in [-0.2, 0) is 4.74 Å². The quantitative estimate of drug-likeness (QED) is 0.922. The number of hydrogen-bond acceptors (Lipinski definition) is 3. The van der Waals surface area contributed by atoms with Crippen molar-refractivity contribution in [1.82, 2.24) is 10.2 Å². The van der Waals surface area contributed by atoms with Gasteiger partial charge in [-0.05, 0) is 56.4 Å². The van der Waals surface area contributed by atoms with Crippen LogP contribution in [0.1, 0.15) is 40.7 Å². The second kappa shape index (κ2) is 7.20. The molecule has 3 rings (SSSR count). The normalized spacial score (nSPS) is 23.2. The van der Waals surface area contributed by atoms with Gasteiger partial charge in [-0.25, -0.2) is 0 Å². The molecule has 0 aromatic heterocycles. The Balaban J connectivity index is 1.56. The van der Waals surface area contributed by atoms with E-state index in [2.05, 4.69) is 10.2 Å². The molecule has 0 bridgehead atoms. The lowest BCUT2D eigenvalue weighted by molar-refractivity contribution is 0.0875. The molecule has 0 saturated carbocycles. The summed E-state index contributed by atoms with van der Waals surface area (Å²) in [5.74, 6) is -0.0549. The summed E-state index contributed by atoms with van der Waals surface area (Å²) in [5, 5.41) is 3.69. The molecule has 1 aromatic rings. The Morgan fingerprint density at radius 3 is 2.57 bits per heavy atom. The Morgan fingerprint density at radius 2 is 1.91 bits per heavy atom. The van der Waals surface area contributed by atoms with Gasteiger partial charge in [-0.2, -0.15) is 0 Å². The Hall–Kier alpha value is -1.10. The monoisotopic (exact) mass is 336 g/mol.